The van der Waals surface area contributed by atoms with Gasteiger partial charge in [0.05, 0.1) is 13.2 Å². The predicted octanol–water partition coefficient (Wildman–Crippen LogP) is -0.244. The number of nitrogens with one attached hydrogen (secondary N) is 1. The second-order valence-electron chi connectivity index (χ2n) is 6.16. The van der Waals surface area contributed by atoms with Crippen molar-refractivity contribution in [1.29, 1.82) is 0 Å². The van der Waals surface area contributed by atoms with Gasteiger partial charge in [-0.3, -0.25) is 9.69 Å². The maximum atomic E-state index is 11.4. The lowest BCUT2D eigenvalue weighted by Gasteiger charge is -2.42. The summed E-state index contributed by atoms with van der Waals surface area (Å²) in [5, 5.41) is 23.5. The first-order valence-electron chi connectivity index (χ1n) is 7.98. The number of likely N-dealkylation sites (tertiary alicyclic amines) is 1. The van der Waals surface area contributed by atoms with Crippen molar-refractivity contribution in [2.75, 3.05) is 40.5 Å². The first-order chi connectivity index (χ1) is 11.5. The van der Waals surface area contributed by atoms with Crippen LogP contribution in [0, 0.1) is 0 Å². The van der Waals surface area contributed by atoms with Crippen LogP contribution in [-0.2, 0) is 16.1 Å². The summed E-state index contributed by atoms with van der Waals surface area (Å²) in [7, 11) is 3.06. The standard InChI is InChI=1S/C17H26N2O5/c1-23-11-16(21)18-12-17(22)7-8-19(10-15(17)20)9-13-3-5-14(24-2)6-4-13/h3-6,15,20,22H,7-12H2,1-2H3,(H,18,21)/t15-,17-/m1/s1. The van der Waals surface area contributed by atoms with Gasteiger partial charge < -0.3 is 25.0 Å². The van der Waals surface area contributed by atoms with Gasteiger partial charge in [0.25, 0.3) is 0 Å². The predicted molar refractivity (Wildman–Crippen MR) is 88.7 cm³/mol. The highest BCUT2D eigenvalue weighted by Gasteiger charge is 2.40. The van der Waals surface area contributed by atoms with Crippen LogP contribution in [0.3, 0.4) is 0 Å². The second kappa shape index (κ2) is 8.43. The van der Waals surface area contributed by atoms with E-state index in [0.29, 0.717) is 26.1 Å². The van der Waals surface area contributed by atoms with Crippen LogP contribution in [0.5, 0.6) is 5.75 Å². The zero-order valence-corrected chi connectivity index (χ0v) is 14.2. The minimum absolute atomic E-state index is 0.0206. The third kappa shape index (κ3) is 4.91. The summed E-state index contributed by atoms with van der Waals surface area (Å²) in [4.78, 5) is 13.5. The highest BCUT2D eigenvalue weighted by atomic mass is 16.5. The highest BCUT2D eigenvalue weighted by Crippen LogP contribution is 2.24. The SMILES string of the molecule is COCC(=O)NC[C@]1(O)CCN(Cc2ccc(OC)cc2)C[C@H]1O. The topological polar surface area (TPSA) is 91.3 Å². The summed E-state index contributed by atoms with van der Waals surface area (Å²) in [6.45, 7) is 1.64. The summed E-state index contributed by atoms with van der Waals surface area (Å²) in [5.74, 6) is 0.498. The fourth-order valence-electron chi connectivity index (χ4n) is 2.80. The molecule has 24 heavy (non-hydrogen) atoms. The molecule has 1 fully saturated rings. The molecule has 1 aromatic carbocycles. The number of aliphatic hydroxyl groups is 2. The van der Waals surface area contributed by atoms with E-state index in [0.717, 1.165) is 11.3 Å². The van der Waals surface area contributed by atoms with Crippen LogP contribution >= 0.6 is 0 Å². The molecule has 0 saturated carbocycles. The van der Waals surface area contributed by atoms with Gasteiger partial charge in [-0.25, -0.2) is 0 Å². The molecule has 1 amide bonds. The summed E-state index contributed by atoms with van der Waals surface area (Å²) in [6.07, 6.45) is -0.537. The van der Waals surface area contributed by atoms with Crippen molar-refractivity contribution in [3.05, 3.63) is 29.8 Å². The quantitative estimate of drug-likeness (QED) is 0.635. The highest BCUT2D eigenvalue weighted by molar-refractivity contribution is 5.77. The van der Waals surface area contributed by atoms with Crippen LogP contribution < -0.4 is 10.1 Å². The normalized spacial score (nSPS) is 24.6. The Morgan fingerprint density at radius 3 is 2.67 bits per heavy atom. The van der Waals surface area contributed by atoms with Crippen molar-refractivity contribution in [2.24, 2.45) is 0 Å². The van der Waals surface area contributed by atoms with Gasteiger partial charge in [-0.1, -0.05) is 12.1 Å². The Hall–Kier alpha value is -1.67. The van der Waals surface area contributed by atoms with Crippen LogP contribution in [0.4, 0.5) is 0 Å². The van der Waals surface area contributed by atoms with Crippen molar-refractivity contribution >= 4 is 5.91 Å². The molecule has 2 atom stereocenters. The van der Waals surface area contributed by atoms with E-state index in [1.165, 1.54) is 7.11 Å². The largest absolute Gasteiger partial charge is 0.497 e. The Bertz CT molecular complexity index is 536. The molecule has 1 aliphatic heterocycles. The van der Waals surface area contributed by atoms with Gasteiger partial charge in [0.1, 0.15) is 18.0 Å². The number of rotatable bonds is 7. The lowest BCUT2D eigenvalue weighted by molar-refractivity contribution is -0.134. The molecule has 7 nitrogen and oxygen atoms in total. The van der Waals surface area contributed by atoms with Crippen LogP contribution in [0.15, 0.2) is 24.3 Å². The molecule has 2 rings (SSSR count). The van der Waals surface area contributed by atoms with Gasteiger partial charge in [0, 0.05) is 33.3 Å². The number of hydrogen-bond donors (Lipinski definition) is 3. The minimum Gasteiger partial charge on any atom is -0.497 e. The first-order valence-corrected chi connectivity index (χ1v) is 7.98. The maximum absolute atomic E-state index is 11.4. The van der Waals surface area contributed by atoms with Crippen LogP contribution in [0.25, 0.3) is 0 Å². The Kier molecular flexibility index (Phi) is 6.56. The van der Waals surface area contributed by atoms with E-state index in [1.807, 2.05) is 24.3 Å². The number of piperidine rings is 1. The molecule has 1 saturated heterocycles. The van der Waals surface area contributed by atoms with E-state index in [1.54, 1.807) is 7.11 Å². The minimum atomic E-state index is -1.31. The Morgan fingerprint density at radius 2 is 2.08 bits per heavy atom. The van der Waals surface area contributed by atoms with Crippen molar-refractivity contribution < 1.29 is 24.5 Å². The number of carbonyl (C=O) groups excluding carboxylic acids is 1. The molecule has 0 aromatic heterocycles. The number of β-amino-alcohol motifs (C(OH)–C–C–N with tert-alkyl or cyclic N) is 1. The fraction of sp³-hybridized carbons (Fsp3) is 0.588. The van der Waals surface area contributed by atoms with E-state index in [9.17, 15) is 15.0 Å². The molecule has 1 aromatic rings. The molecule has 0 aliphatic carbocycles. The van der Waals surface area contributed by atoms with Crippen LogP contribution in [0.1, 0.15) is 12.0 Å². The number of aliphatic hydroxyl groups excluding tert-OH is 1. The molecule has 0 spiro atoms. The summed E-state index contributed by atoms with van der Waals surface area (Å²) in [5.41, 5.74) is -0.193. The second-order valence-corrected chi connectivity index (χ2v) is 6.16. The van der Waals surface area contributed by atoms with Crippen molar-refractivity contribution in [3.63, 3.8) is 0 Å². The fourth-order valence-corrected chi connectivity index (χ4v) is 2.80. The molecule has 7 heteroatoms. The van der Waals surface area contributed by atoms with Crippen molar-refractivity contribution in [1.82, 2.24) is 10.2 Å². The van der Waals surface area contributed by atoms with E-state index < -0.39 is 11.7 Å². The number of nitrogens with zero attached hydrogens (tertiary/aromatic N) is 1. The maximum Gasteiger partial charge on any atom is 0.246 e. The molecule has 1 heterocycles. The average molecular weight is 338 g/mol. The molecule has 0 radical (unpaired) electrons. The van der Waals surface area contributed by atoms with Gasteiger partial charge in [0.15, 0.2) is 0 Å². The summed E-state index contributed by atoms with van der Waals surface area (Å²) < 4.78 is 9.87. The number of carbonyl (C=O) groups is 1. The van der Waals surface area contributed by atoms with Crippen molar-refractivity contribution in [2.45, 2.75) is 24.7 Å². The molecular formula is C17H26N2O5. The zero-order chi connectivity index (χ0) is 17.6. The van der Waals surface area contributed by atoms with Crippen molar-refractivity contribution in [3.8, 4) is 5.75 Å². The van der Waals surface area contributed by atoms with Gasteiger partial charge in [-0.15, -0.1) is 0 Å². The average Bonchev–Trinajstić information content (AvgIpc) is 2.58. The monoisotopic (exact) mass is 338 g/mol. The Balaban J connectivity index is 1.85. The van der Waals surface area contributed by atoms with E-state index in [4.69, 9.17) is 9.47 Å². The number of hydrogen-bond acceptors (Lipinski definition) is 6. The molecular weight excluding hydrogens is 312 g/mol. The van der Waals surface area contributed by atoms with Gasteiger partial charge in [-0.2, -0.15) is 0 Å². The van der Waals surface area contributed by atoms with Crippen LogP contribution in [-0.4, -0.2) is 73.2 Å². The number of ether oxygens (including phenoxy) is 2. The zero-order valence-electron chi connectivity index (χ0n) is 14.2. The number of methoxy groups -OCH3 is 2. The lowest BCUT2D eigenvalue weighted by Crippen LogP contribution is -2.60. The van der Waals surface area contributed by atoms with Crippen LogP contribution in [0.2, 0.25) is 0 Å². The molecule has 0 bridgehead atoms. The number of benzene rings is 1. The first kappa shape index (κ1) is 18.7. The van der Waals surface area contributed by atoms with Gasteiger partial charge in [-0.05, 0) is 24.1 Å². The lowest BCUT2D eigenvalue weighted by atomic mass is 9.88. The molecule has 3 N–H and O–H groups in total. The van der Waals surface area contributed by atoms with Gasteiger partial charge >= 0.3 is 0 Å². The van der Waals surface area contributed by atoms with E-state index >= 15 is 0 Å². The summed E-state index contributed by atoms with van der Waals surface area (Å²) >= 11 is 0. The third-order valence-corrected chi connectivity index (χ3v) is 4.34. The van der Waals surface area contributed by atoms with E-state index in [2.05, 4.69) is 10.2 Å². The third-order valence-electron chi connectivity index (χ3n) is 4.34. The van der Waals surface area contributed by atoms with Gasteiger partial charge in [0.2, 0.25) is 5.91 Å². The Labute approximate surface area is 142 Å². The smallest absolute Gasteiger partial charge is 0.246 e. The molecule has 1 aliphatic rings. The number of amides is 1. The van der Waals surface area contributed by atoms with E-state index in [-0.39, 0.29) is 19.1 Å². The summed E-state index contributed by atoms with van der Waals surface area (Å²) in [6, 6.07) is 7.77. The Morgan fingerprint density at radius 1 is 1.38 bits per heavy atom. The molecule has 0 unspecified atom stereocenters. The molecule has 134 valence electrons.